The third-order valence-electron chi connectivity index (χ3n) is 3.29. The van der Waals surface area contributed by atoms with Crippen LogP contribution in [0.4, 0.5) is 0 Å². The molecule has 1 aromatic rings. The molecule has 0 radical (unpaired) electrons. The largest absolute Gasteiger partial charge is 0.466 e. The van der Waals surface area contributed by atoms with E-state index in [1.165, 1.54) is 12.8 Å². The van der Waals surface area contributed by atoms with Crippen LogP contribution in [0, 0.1) is 6.92 Å². The molecule has 2 N–H and O–H groups in total. The number of aryl methyl sites for hydroxylation is 1. The Labute approximate surface area is 104 Å². The van der Waals surface area contributed by atoms with Crippen LogP contribution in [0.25, 0.3) is 0 Å². The Hall–Kier alpha value is -0.800. The molecule has 1 fully saturated rings. The highest BCUT2D eigenvalue weighted by Gasteiger charge is 2.24. The van der Waals surface area contributed by atoms with Crippen LogP contribution in [0.2, 0.25) is 0 Å². The fraction of sp³-hybridized carbons (Fsp3) is 0.714. The molecular weight excluding hydrogens is 212 g/mol. The topological polar surface area (TPSA) is 37.2 Å². The Morgan fingerprint density at radius 1 is 1.29 bits per heavy atom. The summed E-state index contributed by atoms with van der Waals surface area (Å²) in [5.74, 6) is 2.06. The second kappa shape index (κ2) is 5.23. The van der Waals surface area contributed by atoms with Crippen molar-refractivity contribution in [3.63, 3.8) is 0 Å². The molecule has 2 rings (SSSR count). The molecule has 0 spiro atoms. The van der Waals surface area contributed by atoms with E-state index in [1.54, 1.807) is 0 Å². The fourth-order valence-corrected chi connectivity index (χ4v) is 1.94. The Morgan fingerprint density at radius 2 is 2.06 bits per heavy atom. The lowest BCUT2D eigenvalue weighted by Gasteiger charge is -2.22. The zero-order valence-corrected chi connectivity index (χ0v) is 11.2. The van der Waals surface area contributed by atoms with Gasteiger partial charge in [0.2, 0.25) is 0 Å². The first-order valence-electron chi connectivity index (χ1n) is 6.59. The zero-order valence-electron chi connectivity index (χ0n) is 11.2. The maximum absolute atomic E-state index is 5.70. The van der Waals surface area contributed by atoms with Gasteiger partial charge in [0.05, 0.1) is 0 Å². The van der Waals surface area contributed by atoms with E-state index in [0.717, 1.165) is 37.2 Å². The number of furan rings is 1. The molecule has 0 aliphatic heterocycles. The van der Waals surface area contributed by atoms with E-state index in [4.69, 9.17) is 4.42 Å². The van der Waals surface area contributed by atoms with Crippen molar-refractivity contribution in [1.29, 1.82) is 0 Å². The summed E-state index contributed by atoms with van der Waals surface area (Å²) in [5, 5.41) is 6.99. The van der Waals surface area contributed by atoms with Gasteiger partial charge in [-0.1, -0.05) is 13.8 Å². The molecule has 0 aromatic carbocycles. The van der Waals surface area contributed by atoms with Crippen LogP contribution >= 0.6 is 0 Å². The number of rotatable bonds is 7. The Balaban J connectivity index is 1.68. The van der Waals surface area contributed by atoms with Crippen molar-refractivity contribution in [2.75, 3.05) is 19.6 Å². The average Bonchev–Trinajstić information content (AvgIpc) is 2.98. The zero-order chi connectivity index (χ0) is 12.3. The molecule has 1 aromatic heterocycles. The third kappa shape index (κ3) is 3.86. The molecular formula is C14H24N2O. The molecule has 0 amide bonds. The summed E-state index contributed by atoms with van der Waals surface area (Å²) < 4.78 is 5.70. The van der Waals surface area contributed by atoms with Gasteiger partial charge in [-0.05, 0) is 31.9 Å². The van der Waals surface area contributed by atoms with E-state index in [0.29, 0.717) is 0 Å². The van der Waals surface area contributed by atoms with Crippen molar-refractivity contribution in [1.82, 2.24) is 10.6 Å². The fourth-order valence-electron chi connectivity index (χ4n) is 1.94. The van der Waals surface area contributed by atoms with Gasteiger partial charge in [0.25, 0.3) is 0 Å². The summed E-state index contributed by atoms with van der Waals surface area (Å²) in [4.78, 5) is 0. The van der Waals surface area contributed by atoms with Crippen molar-refractivity contribution in [2.24, 2.45) is 0 Å². The van der Waals surface area contributed by atoms with E-state index in [1.807, 2.05) is 13.0 Å². The van der Waals surface area contributed by atoms with Gasteiger partial charge in [-0.15, -0.1) is 0 Å². The minimum atomic E-state index is 0.0633. The molecule has 3 nitrogen and oxygen atoms in total. The van der Waals surface area contributed by atoms with E-state index >= 15 is 0 Å². The SMILES string of the molecule is Cc1ccc(C(C)(C)CNCCNC2CC2)o1. The highest BCUT2D eigenvalue weighted by Crippen LogP contribution is 2.24. The number of hydrogen-bond donors (Lipinski definition) is 2. The minimum Gasteiger partial charge on any atom is -0.466 e. The molecule has 3 heteroatoms. The van der Waals surface area contributed by atoms with Crippen LogP contribution in [0.3, 0.4) is 0 Å². The Bertz CT molecular complexity index is 353. The maximum atomic E-state index is 5.70. The standard InChI is InChI=1S/C14H24N2O/c1-11-4-7-13(17-11)14(2,3)10-15-8-9-16-12-5-6-12/h4,7,12,15-16H,5-6,8-10H2,1-3H3. The molecule has 0 atom stereocenters. The number of hydrogen-bond acceptors (Lipinski definition) is 3. The highest BCUT2D eigenvalue weighted by molar-refractivity contribution is 5.15. The van der Waals surface area contributed by atoms with E-state index < -0.39 is 0 Å². The highest BCUT2D eigenvalue weighted by atomic mass is 16.3. The predicted octanol–water partition coefficient (Wildman–Crippen LogP) is 2.21. The minimum absolute atomic E-state index is 0.0633. The molecule has 1 aliphatic rings. The van der Waals surface area contributed by atoms with Gasteiger partial charge < -0.3 is 15.1 Å². The molecule has 1 saturated carbocycles. The molecule has 0 bridgehead atoms. The van der Waals surface area contributed by atoms with Crippen molar-refractivity contribution < 1.29 is 4.42 Å². The van der Waals surface area contributed by atoms with Gasteiger partial charge in [-0.25, -0.2) is 0 Å². The van der Waals surface area contributed by atoms with E-state index in [-0.39, 0.29) is 5.41 Å². The molecule has 0 unspecified atom stereocenters. The third-order valence-corrected chi connectivity index (χ3v) is 3.29. The Kier molecular flexibility index (Phi) is 3.89. The summed E-state index contributed by atoms with van der Waals surface area (Å²) >= 11 is 0. The molecule has 1 heterocycles. The summed E-state index contributed by atoms with van der Waals surface area (Å²) in [6.07, 6.45) is 2.72. The predicted molar refractivity (Wildman–Crippen MR) is 70.4 cm³/mol. The normalized spacial score (nSPS) is 16.4. The van der Waals surface area contributed by atoms with Crippen molar-refractivity contribution in [2.45, 2.75) is 45.1 Å². The monoisotopic (exact) mass is 236 g/mol. The van der Waals surface area contributed by atoms with Gasteiger partial charge in [0, 0.05) is 31.1 Å². The molecule has 0 saturated heterocycles. The van der Waals surface area contributed by atoms with Crippen molar-refractivity contribution in [3.05, 3.63) is 23.7 Å². The van der Waals surface area contributed by atoms with Crippen LogP contribution in [0.5, 0.6) is 0 Å². The smallest absolute Gasteiger partial charge is 0.111 e. The summed E-state index contributed by atoms with van der Waals surface area (Å²) in [5.41, 5.74) is 0.0633. The lowest BCUT2D eigenvalue weighted by atomic mass is 9.90. The summed E-state index contributed by atoms with van der Waals surface area (Å²) in [6.45, 7) is 9.47. The molecule has 1 aliphatic carbocycles. The Morgan fingerprint density at radius 3 is 2.65 bits per heavy atom. The first kappa shape index (κ1) is 12.7. The molecule has 17 heavy (non-hydrogen) atoms. The first-order valence-corrected chi connectivity index (χ1v) is 6.59. The van der Waals surface area contributed by atoms with Crippen molar-refractivity contribution >= 4 is 0 Å². The van der Waals surface area contributed by atoms with Gasteiger partial charge in [0.15, 0.2) is 0 Å². The quantitative estimate of drug-likeness (QED) is 0.713. The van der Waals surface area contributed by atoms with Gasteiger partial charge in [-0.2, -0.15) is 0 Å². The van der Waals surface area contributed by atoms with Crippen LogP contribution in [-0.4, -0.2) is 25.7 Å². The van der Waals surface area contributed by atoms with Gasteiger partial charge in [0.1, 0.15) is 11.5 Å². The van der Waals surface area contributed by atoms with E-state index in [2.05, 4.69) is 30.5 Å². The second-order valence-electron chi connectivity index (χ2n) is 5.70. The van der Waals surface area contributed by atoms with Crippen LogP contribution < -0.4 is 10.6 Å². The summed E-state index contributed by atoms with van der Waals surface area (Å²) in [6, 6.07) is 4.92. The molecule has 96 valence electrons. The van der Waals surface area contributed by atoms with Crippen molar-refractivity contribution in [3.8, 4) is 0 Å². The van der Waals surface area contributed by atoms with Crippen LogP contribution in [0.1, 0.15) is 38.2 Å². The second-order valence-corrected chi connectivity index (χ2v) is 5.70. The van der Waals surface area contributed by atoms with Gasteiger partial charge in [-0.3, -0.25) is 0 Å². The lowest BCUT2D eigenvalue weighted by molar-refractivity contribution is 0.357. The average molecular weight is 236 g/mol. The summed E-state index contributed by atoms with van der Waals surface area (Å²) in [7, 11) is 0. The van der Waals surface area contributed by atoms with Gasteiger partial charge >= 0.3 is 0 Å². The maximum Gasteiger partial charge on any atom is 0.111 e. The van der Waals surface area contributed by atoms with Crippen LogP contribution in [-0.2, 0) is 5.41 Å². The lowest BCUT2D eigenvalue weighted by Crippen LogP contribution is -2.36. The van der Waals surface area contributed by atoms with E-state index in [9.17, 15) is 0 Å². The first-order chi connectivity index (χ1) is 8.08. The number of nitrogens with one attached hydrogen (secondary N) is 2. The van der Waals surface area contributed by atoms with Crippen LogP contribution in [0.15, 0.2) is 16.5 Å².